The summed E-state index contributed by atoms with van der Waals surface area (Å²) in [6.45, 7) is 0. The van der Waals surface area contributed by atoms with Crippen LogP contribution in [0.2, 0.25) is 0 Å². The minimum Gasteiger partial charge on any atom is -0.423 e. The van der Waals surface area contributed by atoms with Gasteiger partial charge in [0.25, 0.3) is 0 Å². The molecule has 0 N–H and O–H groups in total. The van der Waals surface area contributed by atoms with Crippen molar-refractivity contribution in [3.05, 3.63) is 59.9 Å². The van der Waals surface area contributed by atoms with Gasteiger partial charge in [-0.05, 0) is 42.8 Å². The Morgan fingerprint density at radius 1 is 1.12 bits per heavy atom. The molecule has 1 atom stereocenters. The van der Waals surface area contributed by atoms with E-state index in [1.165, 1.54) is 36.0 Å². The first kappa shape index (κ1) is 17.0. The molecular weight excluding hydrogens is 351 g/mol. The molecule has 3 rings (SSSR count). The van der Waals surface area contributed by atoms with Crippen LogP contribution < -0.4 is 4.74 Å². The Labute approximate surface area is 143 Å². The Kier molecular flexibility index (Phi) is 4.91. The highest BCUT2D eigenvalue weighted by Crippen LogP contribution is 2.33. The Morgan fingerprint density at radius 2 is 1.83 bits per heavy atom. The lowest BCUT2D eigenvalue weighted by atomic mass is 10.2. The second-order valence-corrected chi connectivity index (χ2v) is 9.05. The molecular formula is C17H15FO4S2. The van der Waals surface area contributed by atoms with Crippen LogP contribution in [0.5, 0.6) is 5.75 Å². The third-order valence-corrected chi connectivity index (χ3v) is 6.94. The maximum absolute atomic E-state index is 12.9. The fourth-order valence-corrected chi connectivity index (χ4v) is 6.05. The first-order valence-corrected chi connectivity index (χ1v) is 10.1. The number of carbonyl (C=O) groups excluding carboxylic acids is 1. The summed E-state index contributed by atoms with van der Waals surface area (Å²) in [5.41, 5.74) is 0.371. The number of carbonyl (C=O) groups is 1. The minimum atomic E-state index is -2.97. The molecule has 1 fully saturated rings. The number of benzene rings is 2. The van der Waals surface area contributed by atoms with Gasteiger partial charge < -0.3 is 4.74 Å². The van der Waals surface area contributed by atoms with E-state index >= 15 is 0 Å². The van der Waals surface area contributed by atoms with Gasteiger partial charge in [0, 0.05) is 10.1 Å². The quantitative estimate of drug-likeness (QED) is 0.614. The van der Waals surface area contributed by atoms with E-state index in [0.29, 0.717) is 16.9 Å². The van der Waals surface area contributed by atoms with Crippen LogP contribution in [0, 0.1) is 5.82 Å². The van der Waals surface area contributed by atoms with Gasteiger partial charge >= 0.3 is 5.97 Å². The van der Waals surface area contributed by atoms with Crippen molar-refractivity contribution in [2.45, 2.75) is 16.6 Å². The Hall–Kier alpha value is -1.86. The molecule has 1 saturated heterocycles. The van der Waals surface area contributed by atoms with Crippen molar-refractivity contribution >= 4 is 27.6 Å². The maximum Gasteiger partial charge on any atom is 0.344 e. The monoisotopic (exact) mass is 366 g/mol. The molecule has 7 heteroatoms. The molecule has 0 bridgehead atoms. The summed E-state index contributed by atoms with van der Waals surface area (Å²) in [5.74, 6) is -0.394. The van der Waals surface area contributed by atoms with Crippen molar-refractivity contribution in [1.29, 1.82) is 0 Å². The molecule has 0 aromatic heterocycles. The molecule has 1 aliphatic rings. The number of sulfone groups is 1. The van der Waals surface area contributed by atoms with Gasteiger partial charge in [0.1, 0.15) is 11.6 Å². The highest BCUT2D eigenvalue weighted by molar-refractivity contribution is 8.02. The molecule has 0 saturated carbocycles. The molecule has 0 amide bonds. The molecule has 0 spiro atoms. The molecule has 4 nitrogen and oxygen atoms in total. The summed E-state index contributed by atoms with van der Waals surface area (Å²) >= 11 is 1.38. The third-order valence-electron chi connectivity index (χ3n) is 3.62. The van der Waals surface area contributed by atoms with E-state index in [9.17, 15) is 17.6 Å². The molecule has 1 heterocycles. The average molecular weight is 366 g/mol. The van der Waals surface area contributed by atoms with Crippen molar-refractivity contribution in [3.63, 3.8) is 0 Å². The molecule has 126 valence electrons. The van der Waals surface area contributed by atoms with Crippen molar-refractivity contribution in [3.8, 4) is 5.75 Å². The summed E-state index contributed by atoms with van der Waals surface area (Å²) in [7, 11) is -2.97. The van der Waals surface area contributed by atoms with Gasteiger partial charge in [-0.2, -0.15) is 0 Å². The molecule has 2 aromatic rings. The van der Waals surface area contributed by atoms with Gasteiger partial charge in [-0.25, -0.2) is 17.6 Å². The summed E-state index contributed by atoms with van der Waals surface area (Å²) in [6, 6.07) is 12.1. The van der Waals surface area contributed by atoms with Crippen LogP contribution in [0.4, 0.5) is 4.39 Å². The lowest BCUT2D eigenvalue weighted by Crippen LogP contribution is -2.11. The van der Waals surface area contributed by atoms with Gasteiger partial charge in [-0.15, -0.1) is 11.8 Å². The predicted molar refractivity (Wildman–Crippen MR) is 90.7 cm³/mol. The molecule has 1 aliphatic heterocycles. The standard InChI is InChI=1S/C17H15FO4S2/c18-12-5-7-13(8-6-12)22-17(19)15-3-1-2-4-16(15)23-14-9-10-24(20,21)11-14/h1-8,14H,9-11H2/t14-/m0/s1. The zero-order valence-corrected chi connectivity index (χ0v) is 14.3. The number of hydrogen-bond acceptors (Lipinski definition) is 5. The number of ether oxygens (including phenoxy) is 1. The zero-order chi connectivity index (χ0) is 17.2. The molecule has 0 unspecified atom stereocenters. The Morgan fingerprint density at radius 3 is 2.50 bits per heavy atom. The van der Waals surface area contributed by atoms with Crippen LogP contribution >= 0.6 is 11.8 Å². The van der Waals surface area contributed by atoms with Crippen molar-refractivity contribution in [1.82, 2.24) is 0 Å². The number of halogens is 1. The first-order valence-electron chi connectivity index (χ1n) is 7.37. The Balaban J connectivity index is 1.76. The van der Waals surface area contributed by atoms with Crippen LogP contribution in [-0.2, 0) is 9.84 Å². The largest absolute Gasteiger partial charge is 0.423 e. The average Bonchev–Trinajstić information content (AvgIpc) is 2.89. The highest BCUT2D eigenvalue weighted by atomic mass is 32.2. The fourth-order valence-electron chi connectivity index (χ4n) is 2.44. The SMILES string of the molecule is O=C(Oc1ccc(F)cc1)c1ccccc1S[C@H]1CCS(=O)(=O)C1. The summed E-state index contributed by atoms with van der Waals surface area (Å²) < 4.78 is 41.3. The van der Waals surface area contributed by atoms with Gasteiger partial charge in [-0.3, -0.25) is 0 Å². The van der Waals surface area contributed by atoms with Crippen LogP contribution in [0.3, 0.4) is 0 Å². The predicted octanol–water partition coefficient (Wildman–Crippen LogP) is 3.32. The lowest BCUT2D eigenvalue weighted by molar-refractivity contribution is 0.0731. The number of rotatable bonds is 4. The summed E-state index contributed by atoms with van der Waals surface area (Å²) in [5, 5.41) is -0.0604. The van der Waals surface area contributed by atoms with Crippen molar-refractivity contribution in [2.24, 2.45) is 0 Å². The van der Waals surface area contributed by atoms with Crippen LogP contribution in [-0.4, -0.2) is 31.1 Å². The number of thioether (sulfide) groups is 1. The minimum absolute atomic E-state index is 0.0604. The van der Waals surface area contributed by atoms with Gasteiger partial charge in [0.15, 0.2) is 9.84 Å². The molecule has 2 aromatic carbocycles. The van der Waals surface area contributed by atoms with Crippen LogP contribution in [0.15, 0.2) is 53.4 Å². The topological polar surface area (TPSA) is 60.4 Å². The van der Waals surface area contributed by atoms with E-state index in [4.69, 9.17) is 4.74 Å². The van der Waals surface area contributed by atoms with Gasteiger partial charge in [0.05, 0.1) is 17.1 Å². The molecule has 24 heavy (non-hydrogen) atoms. The lowest BCUT2D eigenvalue weighted by Gasteiger charge is -2.12. The molecule has 0 radical (unpaired) electrons. The van der Waals surface area contributed by atoms with Gasteiger partial charge in [-0.1, -0.05) is 12.1 Å². The van der Waals surface area contributed by atoms with Crippen molar-refractivity contribution < 1.29 is 22.3 Å². The Bertz CT molecular complexity index is 847. The zero-order valence-electron chi connectivity index (χ0n) is 12.6. The smallest absolute Gasteiger partial charge is 0.344 e. The van der Waals surface area contributed by atoms with Crippen LogP contribution in [0.25, 0.3) is 0 Å². The number of esters is 1. The fraction of sp³-hybridized carbons (Fsp3) is 0.235. The maximum atomic E-state index is 12.9. The third kappa shape index (κ3) is 4.15. The van der Waals surface area contributed by atoms with Crippen molar-refractivity contribution in [2.75, 3.05) is 11.5 Å². The van der Waals surface area contributed by atoms with Gasteiger partial charge in [0.2, 0.25) is 0 Å². The van der Waals surface area contributed by atoms with E-state index in [1.807, 2.05) is 0 Å². The van der Waals surface area contributed by atoms with E-state index in [0.717, 1.165) is 0 Å². The van der Waals surface area contributed by atoms with Crippen LogP contribution in [0.1, 0.15) is 16.8 Å². The second-order valence-electron chi connectivity index (χ2n) is 5.48. The molecule has 0 aliphatic carbocycles. The normalized spacial score (nSPS) is 19.1. The van der Waals surface area contributed by atoms with E-state index in [1.54, 1.807) is 24.3 Å². The summed E-state index contributed by atoms with van der Waals surface area (Å²) in [4.78, 5) is 13.1. The summed E-state index contributed by atoms with van der Waals surface area (Å²) in [6.07, 6.45) is 0.578. The number of hydrogen-bond donors (Lipinski definition) is 0. The highest BCUT2D eigenvalue weighted by Gasteiger charge is 2.29. The van der Waals surface area contributed by atoms with E-state index in [-0.39, 0.29) is 22.5 Å². The van der Waals surface area contributed by atoms with E-state index < -0.39 is 21.6 Å². The van der Waals surface area contributed by atoms with E-state index in [2.05, 4.69) is 0 Å². The first-order chi connectivity index (χ1) is 11.4. The second kappa shape index (κ2) is 6.94.